The second-order valence-corrected chi connectivity index (χ2v) is 17.3. The van der Waals surface area contributed by atoms with E-state index in [1.165, 1.54) is 29.6 Å². The van der Waals surface area contributed by atoms with Gasteiger partial charge in [-0.3, -0.25) is 0 Å². The fourth-order valence-corrected chi connectivity index (χ4v) is 19.3. The van der Waals surface area contributed by atoms with Crippen molar-refractivity contribution in [3.8, 4) is 0 Å². The van der Waals surface area contributed by atoms with Gasteiger partial charge in [0.15, 0.2) is 0 Å². The molecule has 0 aliphatic rings. The Balaban J connectivity index is 1.78. The van der Waals surface area contributed by atoms with E-state index in [-0.39, 0.29) is 0 Å². The SMILES string of the molecule is c1ccc([As](C[P+](c2ccccc2)(c2ccccc2)c2ccccc2)c2ccccc2)cc1. The van der Waals surface area contributed by atoms with Gasteiger partial charge in [-0.1, -0.05) is 0 Å². The molecule has 5 aromatic carbocycles. The van der Waals surface area contributed by atoms with Crippen molar-refractivity contribution < 1.29 is 0 Å². The monoisotopic (exact) mass is 505 g/mol. The van der Waals surface area contributed by atoms with Gasteiger partial charge in [-0.15, -0.1) is 0 Å². The van der Waals surface area contributed by atoms with Gasteiger partial charge in [0.1, 0.15) is 0 Å². The number of benzene rings is 5. The van der Waals surface area contributed by atoms with E-state index in [9.17, 15) is 0 Å². The maximum atomic E-state index is 2.36. The first kappa shape index (κ1) is 21.9. The first-order valence-corrected chi connectivity index (χ1v) is 16.5. The first-order valence-electron chi connectivity index (χ1n) is 11.3. The molecule has 0 saturated heterocycles. The molecule has 0 spiro atoms. The number of rotatable bonds is 7. The van der Waals surface area contributed by atoms with Crippen LogP contribution < -0.4 is 24.6 Å². The summed E-state index contributed by atoms with van der Waals surface area (Å²) in [5.41, 5.74) is 0. The van der Waals surface area contributed by atoms with E-state index < -0.39 is 21.9 Å². The Morgan fingerprint density at radius 2 is 0.636 bits per heavy atom. The molecule has 0 radical (unpaired) electrons. The summed E-state index contributed by atoms with van der Waals surface area (Å²) in [6.07, 6.45) is 0. The second-order valence-electron chi connectivity index (χ2n) is 8.06. The number of hydrogen-bond acceptors (Lipinski definition) is 0. The quantitative estimate of drug-likeness (QED) is 0.220. The molecule has 0 amide bonds. The minimum absolute atomic E-state index is 1.19. The van der Waals surface area contributed by atoms with Gasteiger partial charge < -0.3 is 0 Å². The molecular weight excluding hydrogens is 478 g/mol. The molecule has 0 unspecified atom stereocenters. The molecule has 33 heavy (non-hydrogen) atoms. The van der Waals surface area contributed by atoms with E-state index in [1.54, 1.807) is 0 Å². The molecule has 0 bridgehead atoms. The van der Waals surface area contributed by atoms with Gasteiger partial charge in [-0.2, -0.15) is 0 Å². The Hall–Kier alpha value is -2.91. The molecule has 2 heteroatoms. The average molecular weight is 505 g/mol. The van der Waals surface area contributed by atoms with Crippen molar-refractivity contribution in [2.45, 2.75) is 0 Å². The Kier molecular flexibility index (Phi) is 6.87. The van der Waals surface area contributed by atoms with Crippen LogP contribution >= 0.6 is 7.26 Å². The van der Waals surface area contributed by atoms with Crippen LogP contribution in [0.15, 0.2) is 152 Å². The van der Waals surface area contributed by atoms with Crippen molar-refractivity contribution in [1.29, 1.82) is 0 Å². The third-order valence-corrected chi connectivity index (χ3v) is 18.6. The summed E-state index contributed by atoms with van der Waals surface area (Å²) < 4.78 is 3.03. The van der Waals surface area contributed by atoms with Crippen molar-refractivity contribution in [1.82, 2.24) is 0 Å². The summed E-state index contributed by atoms with van der Waals surface area (Å²) in [4.78, 5) is 1.19. The Bertz CT molecular complexity index is 1120. The zero-order valence-electron chi connectivity index (χ0n) is 18.5. The summed E-state index contributed by atoms with van der Waals surface area (Å²) in [7, 11) is -1.88. The average Bonchev–Trinajstić information content (AvgIpc) is 2.92. The second kappa shape index (κ2) is 10.4. The van der Waals surface area contributed by atoms with Crippen LogP contribution in [-0.2, 0) is 0 Å². The van der Waals surface area contributed by atoms with Crippen molar-refractivity contribution in [3.05, 3.63) is 152 Å². The fourth-order valence-electron chi connectivity index (χ4n) is 4.48. The van der Waals surface area contributed by atoms with Gasteiger partial charge >= 0.3 is 203 Å². The van der Waals surface area contributed by atoms with Gasteiger partial charge in [0.05, 0.1) is 0 Å². The van der Waals surface area contributed by atoms with Gasteiger partial charge in [-0.05, 0) is 0 Å². The van der Waals surface area contributed by atoms with Crippen molar-refractivity contribution in [2.24, 2.45) is 0 Å². The van der Waals surface area contributed by atoms with Crippen LogP contribution in [0.3, 0.4) is 0 Å². The summed E-state index contributed by atoms with van der Waals surface area (Å²) in [6.45, 7) is 0. The van der Waals surface area contributed by atoms with E-state index >= 15 is 0 Å². The summed E-state index contributed by atoms with van der Waals surface area (Å²) >= 11 is -1.63. The van der Waals surface area contributed by atoms with Crippen LogP contribution in [0.2, 0.25) is 0 Å². The third kappa shape index (κ3) is 4.60. The molecule has 160 valence electrons. The molecule has 0 fully saturated rings. The van der Waals surface area contributed by atoms with E-state index in [0.29, 0.717) is 0 Å². The molecule has 0 N–H and O–H groups in total. The predicted molar refractivity (Wildman–Crippen MR) is 148 cm³/mol. The number of hydrogen-bond donors (Lipinski definition) is 0. The van der Waals surface area contributed by atoms with E-state index in [1.807, 2.05) is 0 Å². The molecule has 0 nitrogen and oxygen atoms in total. The van der Waals surface area contributed by atoms with Crippen LogP contribution in [0, 0.1) is 0 Å². The summed E-state index contributed by atoms with van der Waals surface area (Å²) in [6, 6.07) is 56.3. The minimum atomic E-state index is -1.88. The summed E-state index contributed by atoms with van der Waals surface area (Å²) in [5, 5.41) is 4.40. The summed E-state index contributed by atoms with van der Waals surface area (Å²) in [5.74, 6) is 0. The van der Waals surface area contributed by atoms with E-state index in [0.717, 1.165) is 0 Å². The van der Waals surface area contributed by atoms with Crippen LogP contribution in [0.1, 0.15) is 0 Å². The van der Waals surface area contributed by atoms with Gasteiger partial charge in [0.2, 0.25) is 0 Å². The van der Waals surface area contributed by atoms with Crippen LogP contribution in [0.5, 0.6) is 0 Å². The normalized spacial score (nSPS) is 11.4. The fraction of sp³-hybridized carbons (Fsp3) is 0.0323. The van der Waals surface area contributed by atoms with Gasteiger partial charge in [0, 0.05) is 0 Å². The zero-order valence-corrected chi connectivity index (χ0v) is 21.3. The molecule has 0 aromatic heterocycles. The predicted octanol–water partition coefficient (Wildman–Crippen LogP) is 4.83. The molecule has 5 aromatic rings. The van der Waals surface area contributed by atoms with Crippen LogP contribution in [-0.4, -0.2) is 19.6 Å². The first-order chi connectivity index (χ1) is 16.4. The van der Waals surface area contributed by atoms with Crippen LogP contribution in [0.25, 0.3) is 0 Å². The van der Waals surface area contributed by atoms with E-state index in [2.05, 4.69) is 152 Å². The molecular formula is C31H27AsP+. The molecule has 0 saturated carbocycles. The Morgan fingerprint density at radius 3 is 0.939 bits per heavy atom. The van der Waals surface area contributed by atoms with Crippen molar-refractivity contribution in [2.75, 3.05) is 4.95 Å². The standard InChI is InChI=1S/C31H27AsP/c1-6-16-27(17-7-1)32(28-18-8-2-9-19-28)26-33(29-20-10-3-11-21-29,30-22-12-4-13-23-30)31-24-14-5-15-25-31/h1-25H,26H2/q+1. The van der Waals surface area contributed by atoms with Crippen molar-refractivity contribution >= 4 is 46.5 Å². The Labute approximate surface area is 202 Å². The third-order valence-electron chi connectivity index (χ3n) is 6.08. The topological polar surface area (TPSA) is 0 Å². The van der Waals surface area contributed by atoms with Gasteiger partial charge in [0.25, 0.3) is 0 Å². The maximum absolute atomic E-state index is 2.36. The van der Waals surface area contributed by atoms with Crippen LogP contribution in [0.4, 0.5) is 0 Å². The zero-order chi connectivity index (χ0) is 22.3. The van der Waals surface area contributed by atoms with E-state index in [4.69, 9.17) is 0 Å². The molecule has 0 atom stereocenters. The molecule has 5 rings (SSSR count). The van der Waals surface area contributed by atoms with Crippen molar-refractivity contribution in [3.63, 3.8) is 0 Å². The Morgan fingerprint density at radius 1 is 0.364 bits per heavy atom. The molecule has 0 aliphatic carbocycles. The molecule has 0 aliphatic heterocycles. The molecule has 0 heterocycles. The van der Waals surface area contributed by atoms with Gasteiger partial charge in [-0.25, -0.2) is 0 Å².